The van der Waals surface area contributed by atoms with E-state index in [1.54, 1.807) is 0 Å². The summed E-state index contributed by atoms with van der Waals surface area (Å²) in [6.07, 6.45) is 0.583. The predicted molar refractivity (Wildman–Crippen MR) is 136 cm³/mol. The number of nitrogens with zero attached hydrogens (tertiary/aromatic N) is 5. The van der Waals surface area contributed by atoms with Gasteiger partial charge in [0.05, 0.1) is 32.4 Å². The summed E-state index contributed by atoms with van der Waals surface area (Å²) in [5.74, 6) is -2.22. The Labute approximate surface area is 230 Å². The first kappa shape index (κ1) is 27.3. The summed E-state index contributed by atoms with van der Waals surface area (Å²) < 4.78 is 38.1. The van der Waals surface area contributed by atoms with Gasteiger partial charge in [-0.3, -0.25) is 14.3 Å². The van der Waals surface area contributed by atoms with Gasteiger partial charge in [-0.25, -0.2) is 19.0 Å². The second-order valence-electron chi connectivity index (χ2n) is 9.13. The summed E-state index contributed by atoms with van der Waals surface area (Å²) in [7, 11) is 1.17. The monoisotopic (exact) mass is 570 g/mol. The van der Waals surface area contributed by atoms with E-state index < -0.39 is 35.0 Å². The van der Waals surface area contributed by atoms with E-state index in [0.29, 0.717) is 0 Å². The van der Waals surface area contributed by atoms with Gasteiger partial charge in [0, 0.05) is 29.2 Å². The number of cyclic esters (lactones) is 1. The minimum absolute atomic E-state index is 0.0150. The van der Waals surface area contributed by atoms with Crippen molar-refractivity contribution in [3.8, 4) is 23.0 Å². The number of nitrogens with one attached hydrogen (secondary N) is 1. The fourth-order valence-electron chi connectivity index (χ4n) is 4.34. The van der Waals surface area contributed by atoms with E-state index in [1.807, 2.05) is 0 Å². The predicted octanol–water partition coefficient (Wildman–Crippen LogP) is 2.08. The molecule has 0 radical (unpaired) electrons. The number of ether oxygens (including phenoxy) is 4. The summed E-state index contributed by atoms with van der Waals surface area (Å²) in [6.45, 7) is 1.72. The summed E-state index contributed by atoms with van der Waals surface area (Å²) in [6, 6.07) is 5.53. The van der Waals surface area contributed by atoms with E-state index in [9.17, 15) is 24.5 Å². The van der Waals surface area contributed by atoms with Crippen molar-refractivity contribution in [3.63, 3.8) is 0 Å². The number of hydrogen-bond acceptors (Lipinski definition) is 11. The average Bonchev–Trinajstić information content (AvgIpc) is 3.55. The molecule has 0 saturated carbocycles. The normalized spacial score (nSPS) is 17.7. The van der Waals surface area contributed by atoms with E-state index >= 15 is 4.39 Å². The van der Waals surface area contributed by atoms with Crippen LogP contribution in [0.4, 0.5) is 20.7 Å². The van der Waals surface area contributed by atoms with Crippen LogP contribution in [-0.4, -0.2) is 76.4 Å². The van der Waals surface area contributed by atoms with Crippen molar-refractivity contribution < 1.29 is 42.6 Å². The summed E-state index contributed by atoms with van der Waals surface area (Å²) in [4.78, 5) is 55.6. The molecule has 5 rings (SSSR count). The van der Waals surface area contributed by atoms with Crippen molar-refractivity contribution in [1.29, 1.82) is 0 Å². The number of methoxy groups -OCH3 is 1. The number of imidazole rings is 1. The molecule has 16 heteroatoms. The van der Waals surface area contributed by atoms with Gasteiger partial charge < -0.3 is 34.4 Å². The Morgan fingerprint density at radius 2 is 2.10 bits per heavy atom. The summed E-state index contributed by atoms with van der Waals surface area (Å²) in [5, 5.41) is 13.6. The number of fused-ring (bicyclic) bond motifs is 1. The van der Waals surface area contributed by atoms with Crippen LogP contribution in [0.3, 0.4) is 0 Å². The van der Waals surface area contributed by atoms with Crippen LogP contribution in [0.5, 0.6) is 11.9 Å². The zero-order valence-corrected chi connectivity index (χ0v) is 21.7. The Morgan fingerprint density at radius 3 is 2.80 bits per heavy atom. The molecule has 2 amide bonds. The second-order valence-corrected chi connectivity index (χ2v) is 9.13. The van der Waals surface area contributed by atoms with Crippen molar-refractivity contribution in [2.45, 2.75) is 25.7 Å². The molecule has 1 aromatic carbocycles. The molecule has 2 atom stereocenters. The Kier molecular flexibility index (Phi) is 7.37. The third kappa shape index (κ3) is 5.70. The van der Waals surface area contributed by atoms with Gasteiger partial charge in [0.25, 0.3) is 0 Å². The first-order chi connectivity index (χ1) is 19.6. The lowest BCUT2D eigenvalue weighted by Gasteiger charge is -2.23. The molecule has 0 bridgehead atoms. The molecule has 1 saturated heterocycles. The Bertz CT molecular complexity index is 1540. The third-order valence-corrected chi connectivity index (χ3v) is 6.28. The van der Waals surface area contributed by atoms with Crippen molar-refractivity contribution in [2.75, 3.05) is 31.7 Å². The van der Waals surface area contributed by atoms with E-state index in [4.69, 9.17) is 18.9 Å². The maximum atomic E-state index is 15.3. The zero-order valence-electron chi connectivity index (χ0n) is 21.7. The molecular weight excluding hydrogens is 547 g/mol. The SMILES string of the molecule is COC(=O)c1cc(-c2ccc(N3C[C@H](CNC(C)=O)OC3=O)cc2F)cnc1O[C@@H]1COc2nc([N+](=O)[O-])cn2C1. The standard InChI is InChI=1S/C25H23FN6O9/c1-13(33)27-8-16-10-31(25(35)41-16)15-3-4-18(20(26)6-15)14-5-19(23(34)38-2)22(28-7-14)40-17-9-30-11-21(32(36)37)29-24(30)39-12-17/h3-7,11,16-17H,8-10,12H2,1-2H3,(H,27,33)/t16-,17-/m0/s1. The highest BCUT2D eigenvalue weighted by Crippen LogP contribution is 2.32. The van der Waals surface area contributed by atoms with E-state index in [2.05, 4.69) is 15.3 Å². The van der Waals surface area contributed by atoms with Crippen molar-refractivity contribution in [2.24, 2.45) is 0 Å². The minimum atomic E-state index is -0.785. The highest BCUT2D eigenvalue weighted by Gasteiger charge is 2.33. The molecule has 1 N–H and O–H groups in total. The average molecular weight is 570 g/mol. The minimum Gasteiger partial charge on any atom is -0.468 e. The second kappa shape index (κ2) is 11.1. The van der Waals surface area contributed by atoms with Crippen LogP contribution < -0.4 is 19.7 Å². The van der Waals surface area contributed by atoms with Gasteiger partial charge in [-0.05, 0) is 29.2 Å². The molecule has 214 valence electrons. The molecule has 0 unspecified atom stereocenters. The van der Waals surface area contributed by atoms with E-state index in [1.165, 1.54) is 54.1 Å². The molecule has 15 nitrogen and oxygen atoms in total. The summed E-state index contributed by atoms with van der Waals surface area (Å²) >= 11 is 0. The smallest absolute Gasteiger partial charge is 0.414 e. The number of amides is 2. The summed E-state index contributed by atoms with van der Waals surface area (Å²) in [5.41, 5.74) is 0.498. The van der Waals surface area contributed by atoms with Gasteiger partial charge in [0.1, 0.15) is 30.3 Å². The molecule has 3 aromatic rings. The molecule has 0 spiro atoms. The Morgan fingerprint density at radius 1 is 1.29 bits per heavy atom. The van der Waals surface area contributed by atoms with Crippen LogP contribution in [-0.2, 0) is 20.8 Å². The van der Waals surface area contributed by atoms with Crippen LogP contribution in [0.2, 0.25) is 0 Å². The van der Waals surface area contributed by atoms with Crippen LogP contribution in [0.25, 0.3) is 11.1 Å². The fraction of sp³-hybridized carbons (Fsp3) is 0.320. The van der Waals surface area contributed by atoms with Crippen LogP contribution >= 0.6 is 0 Å². The van der Waals surface area contributed by atoms with E-state index in [0.717, 1.165) is 6.07 Å². The number of hydrogen-bond donors (Lipinski definition) is 1. The molecule has 1 fully saturated rings. The number of aromatic nitrogens is 3. The van der Waals surface area contributed by atoms with E-state index in [-0.39, 0.29) is 72.2 Å². The number of pyridine rings is 1. The largest absolute Gasteiger partial charge is 0.468 e. The molecule has 2 aliphatic rings. The molecular formula is C25H23FN6O9. The lowest BCUT2D eigenvalue weighted by Crippen LogP contribution is -2.35. The van der Waals surface area contributed by atoms with Crippen molar-refractivity contribution in [3.05, 3.63) is 58.2 Å². The number of esters is 1. The zero-order chi connectivity index (χ0) is 29.3. The van der Waals surface area contributed by atoms with Crippen molar-refractivity contribution >= 4 is 29.5 Å². The van der Waals surface area contributed by atoms with Gasteiger partial charge in [0.15, 0.2) is 6.10 Å². The lowest BCUT2D eigenvalue weighted by molar-refractivity contribution is -0.389. The van der Waals surface area contributed by atoms with Crippen molar-refractivity contribution in [1.82, 2.24) is 19.9 Å². The maximum Gasteiger partial charge on any atom is 0.414 e. The molecule has 41 heavy (non-hydrogen) atoms. The number of benzene rings is 1. The molecule has 2 aliphatic heterocycles. The number of carbonyl (C=O) groups excluding carboxylic acids is 3. The highest BCUT2D eigenvalue weighted by atomic mass is 19.1. The first-order valence-corrected chi connectivity index (χ1v) is 12.2. The van der Waals surface area contributed by atoms with Gasteiger partial charge >= 0.3 is 23.9 Å². The lowest BCUT2D eigenvalue weighted by atomic mass is 10.0. The Balaban J connectivity index is 1.35. The van der Waals surface area contributed by atoms with Crippen LogP contribution in [0, 0.1) is 15.9 Å². The fourth-order valence-corrected chi connectivity index (χ4v) is 4.34. The number of nitro groups is 1. The molecule has 2 aromatic heterocycles. The van der Waals surface area contributed by atoms with Crippen LogP contribution in [0.1, 0.15) is 17.3 Å². The van der Waals surface area contributed by atoms with Gasteiger partial charge in [0.2, 0.25) is 11.8 Å². The maximum absolute atomic E-state index is 15.3. The van der Waals surface area contributed by atoms with Gasteiger partial charge in [-0.1, -0.05) is 0 Å². The topological polar surface area (TPSA) is 177 Å². The molecule has 4 heterocycles. The number of halogens is 1. The quantitative estimate of drug-likeness (QED) is 0.238. The first-order valence-electron chi connectivity index (χ1n) is 12.2. The highest BCUT2D eigenvalue weighted by molar-refractivity contribution is 5.94. The number of anilines is 1. The number of rotatable bonds is 8. The molecule has 0 aliphatic carbocycles. The third-order valence-electron chi connectivity index (χ3n) is 6.28. The Hall–Kier alpha value is -5.28. The number of carbonyl (C=O) groups is 3. The van der Waals surface area contributed by atoms with Gasteiger partial charge in [-0.15, -0.1) is 0 Å². The van der Waals surface area contributed by atoms with Gasteiger partial charge in [-0.2, -0.15) is 0 Å². The van der Waals surface area contributed by atoms with Crippen LogP contribution in [0.15, 0.2) is 36.7 Å².